The van der Waals surface area contributed by atoms with E-state index in [0.29, 0.717) is 0 Å². The Morgan fingerprint density at radius 3 is 1.26 bits per heavy atom. The maximum absolute atomic E-state index is 10.8. The first-order valence-electron chi connectivity index (χ1n) is 12.3. The van der Waals surface area contributed by atoms with Crippen LogP contribution in [0.1, 0.15) is 63.8 Å². The molecule has 0 heterocycles. The molecule has 1 aliphatic rings. The number of aliphatic hydroxyl groups is 2. The van der Waals surface area contributed by atoms with Crippen molar-refractivity contribution >= 4 is 0 Å². The summed E-state index contributed by atoms with van der Waals surface area (Å²) in [5.41, 5.74) is 9.32. The fourth-order valence-corrected chi connectivity index (χ4v) is 5.61. The third kappa shape index (κ3) is 3.91. The zero-order chi connectivity index (χ0) is 25.2. The molecule has 4 aromatic rings. The second-order valence-corrected chi connectivity index (χ2v) is 11.4. The monoisotopic (exact) mass is 462 g/mol. The molecule has 0 radical (unpaired) electrons. The van der Waals surface area contributed by atoms with Gasteiger partial charge in [-0.2, -0.15) is 0 Å². The van der Waals surface area contributed by atoms with Crippen LogP contribution in [0.15, 0.2) is 84.9 Å². The van der Waals surface area contributed by atoms with E-state index >= 15 is 0 Å². The summed E-state index contributed by atoms with van der Waals surface area (Å²) in [5, 5.41) is 21.5. The molecule has 0 amide bonds. The zero-order valence-electron chi connectivity index (χ0n) is 21.5. The molecule has 178 valence electrons. The normalized spacial score (nSPS) is 14.5. The number of fused-ring (bicyclic) bond motifs is 3. The van der Waals surface area contributed by atoms with Gasteiger partial charge in [-0.05, 0) is 95.5 Å². The van der Waals surface area contributed by atoms with E-state index in [4.69, 9.17) is 0 Å². The first-order chi connectivity index (χ1) is 16.4. The summed E-state index contributed by atoms with van der Waals surface area (Å²) >= 11 is 0. The number of benzene rings is 4. The molecule has 2 nitrogen and oxygen atoms in total. The van der Waals surface area contributed by atoms with Crippen molar-refractivity contribution in [1.29, 1.82) is 0 Å². The lowest BCUT2D eigenvalue weighted by atomic mass is 9.79. The smallest absolute Gasteiger partial charge is 0.0846 e. The summed E-state index contributed by atoms with van der Waals surface area (Å²) in [6.45, 7) is 11.9. The van der Waals surface area contributed by atoms with Crippen molar-refractivity contribution in [2.45, 2.75) is 58.2 Å². The number of hydrogen-bond donors (Lipinski definition) is 2. The summed E-state index contributed by atoms with van der Waals surface area (Å²) < 4.78 is 0. The Hall–Kier alpha value is -3.20. The minimum atomic E-state index is -0.920. The van der Waals surface area contributed by atoms with E-state index in [1.807, 2.05) is 64.1 Å². The van der Waals surface area contributed by atoms with Gasteiger partial charge in [0.25, 0.3) is 0 Å². The van der Waals surface area contributed by atoms with Crippen molar-refractivity contribution < 1.29 is 10.2 Å². The molecule has 0 aromatic heterocycles. The minimum absolute atomic E-state index is 0.177. The van der Waals surface area contributed by atoms with Gasteiger partial charge >= 0.3 is 0 Å². The number of rotatable bonds is 4. The van der Waals surface area contributed by atoms with E-state index in [-0.39, 0.29) is 5.41 Å². The maximum atomic E-state index is 10.8. The Morgan fingerprint density at radius 1 is 0.514 bits per heavy atom. The van der Waals surface area contributed by atoms with Crippen molar-refractivity contribution in [2.24, 2.45) is 0 Å². The largest absolute Gasteiger partial charge is 0.386 e. The minimum Gasteiger partial charge on any atom is -0.386 e. The van der Waals surface area contributed by atoms with Crippen molar-refractivity contribution in [3.05, 3.63) is 107 Å². The lowest BCUT2D eigenvalue weighted by Gasteiger charge is -2.25. The van der Waals surface area contributed by atoms with Crippen molar-refractivity contribution in [2.75, 3.05) is 0 Å². The van der Waals surface area contributed by atoms with E-state index in [1.165, 1.54) is 22.3 Å². The molecule has 0 fully saturated rings. The second kappa shape index (κ2) is 7.91. The Bertz CT molecular complexity index is 1320. The molecule has 0 bridgehead atoms. The summed E-state index contributed by atoms with van der Waals surface area (Å²) in [7, 11) is 0. The summed E-state index contributed by atoms with van der Waals surface area (Å²) in [4.78, 5) is 0. The molecule has 35 heavy (non-hydrogen) atoms. The maximum Gasteiger partial charge on any atom is 0.0846 e. The highest BCUT2D eigenvalue weighted by Gasteiger charge is 2.36. The average Bonchev–Trinajstić information content (AvgIpc) is 3.04. The van der Waals surface area contributed by atoms with Crippen LogP contribution in [0.25, 0.3) is 33.4 Å². The Balaban J connectivity index is 1.64. The van der Waals surface area contributed by atoms with Gasteiger partial charge in [-0.3, -0.25) is 0 Å². The number of hydrogen-bond acceptors (Lipinski definition) is 2. The molecule has 0 saturated heterocycles. The molecule has 0 aliphatic heterocycles. The second-order valence-electron chi connectivity index (χ2n) is 11.4. The highest BCUT2D eigenvalue weighted by Crippen LogP contribution is 2.51. The van der Waals surface area contributed by atoms with E-state index in [0.717, 1.165) is 33.4 Å². The SMILES string of the molecule is CC(C)(O)c1ccccc1-c1ccc2c(c1)C(C)(C)c1cc(-c3ccccc3C(C)(C)O)ccc1-2. The third-order valence-electron chi connectivity index (χ3n) is 7.47. The molecule has 0 atom stereocenters. The molecule has 2 heteroatoms. The van der Waals surface area contributed by atoms with Crippen LogP contribution in [0.5, 0.6) is 0 Å². The van der Waals surface area contributed by atoms with Gasteiger partial charge in [0.1, 0.15) is 0 Å². The van der Waals surface area contributed by atoms with Crippen molar-refractivity contribution in [1.82, 2.24) is 0 Å². The fourth-order valence-electron chi connectivity index (χ4n) is 5.61. The fraction of sp³-hybridized carbons (Fsp3) is 0.273. The van der Waals surface area contributed by atoms with E-state index in [9.17, 15) is 10.2 Å². The molecule has 4 aromatic carbocycles. The van der Waals surface area contributed by atoms with Crippen LogP contribution < -0.4 is 0 Å². The van der Waals surface area contributed by atoms with Crippen molar-refractivity contribution in [3.63, 3.8) is 0 Å². The van der Waals surface area contributed by atoms with E-state index < -0.39 is 11.2 Å². The standard InChI is InChI=1S/C33H34O2/c1-31(2)29-19-21(23-11-7-9-13-27(23)32(3,4)34)15-17-25(29)26-18-16-22(20-30(26)31)24-12-8-10-14-28(24)33(5,6)35/h7-20,34-35H,1-6H3. The van der Waals surface area contributed by atoms with Gasteiger partial charge in [-0.1, -0.05) is 86.6 Å². The van der Waals surface area contributed by atoms with Gasteiger partial charge in [-0.15, -0.1) is 0 Å². The molecule has 0 unspecified atom stereocenters. The zero-order valence-corrected chi connectivity index (χ0v) is 21.5. The van der Waals surface area contributed by atoms with Crippen molar-refractivity contribution in [3.8, 4) is 33.4 Å². The van der Waals surface area contributed by atoms with Crippen LogP contribution in [-0.2, 0) is 16.6 Å². The first kappa shape index (κ1) is 23.5. The van der Waals surface area contributed by atoms with Crippen LogP contribution >= 0.6 is 0 Å². The average molecular weight is 463 g/mol. The van der Waals surface area contributed by atoms with Crippen LogP contribution in [0, 0.1) is 0 Å². The molecule has 1 aliphatic carbocycles. The van der Waals surface area contributed by atoms with Gasteiger partial charge in [-0.25, -0.2) is 0 Å². The lowest BCUT2D eigenvalue weighted by Crippen LogP contribution is -2.18. The van der Waals surface area contributed by atoms with Gasteiger partial charge in [0, 0.05) is 5.41 Å². The highest BCUT2D eigenvalue weighted by atomic mass is 16.3. The molecule has 0 saturated carbocycles. The summed E-state index contributed by atoms with van der Waals surface area (Å²) in [6.07, 6.45) is 0. The Kier molecular flexibility index (Phi) is 5.32. The van der Waals surface area contributed by atoms with E-state index in [1.54, 1.807) is 0 Å². The predicted octanol–water partition coefficient (Wildman–Crippen LogP) is 7.78. The predicted molar refractivity (Wildman–Crippen MR) is 145 cm³/mol. The molecular formula is C33H34O2. The van der Waals surface area contributed by atoms with Crippen LogP contribution in [0.2, 0.25) is 0 Å². The lowest BCUT2D eigenvalue weighted by molar-refractivity contribution is 0.0786. The van der Waals surface area contributed by atoms with Crippen LogP contribution in [0.3, 0.4) is 0 Å². The first-order valence-corrected chi connectivity index (χ1v) is 12.3. The molecular weight excluding hydrogens is 428 g/mol. The quantitative estimate of drug-likeness (QED) is 0.325. The molecule has 0 spiro atoms. The molecule has 5 rings (SSSR count). The topological polar surface area (TPSA) is 40.5 Å². The van der Waals surface area contributed by atoms with Crippen LogP contribution in [0.4, 0.5) is 0 Å². The van der Waals surface area contributed by atoms with Gasteiger partial charge in [0.15, 0.2) is 0 Å². The van der Waals surface area contributed by atoms with Gasteiger partial charge in [0.2, 0.25) is 0 Å². The summed E-state index contributed by atoms with van der Waals surface area (Å²) in [6, 6.07) is 29.6. The summed E-state index contributed by atoms with van der Waals surface area (Å²) in [5.74, 6) is 0. The van der Waals surface area contributed by atoms with Gasteiger partial charge in [0.05, 0.1) is 11.2 Å². The highest BCUT2D eigenvalue weighted by molar-refractivity contribution is 5.86. The van der Waals surface area contributed by atoms with Gasteiger partial charge < -0.3 is 10.2 Å². The third-order valence-corrected chi connectivity index (χ3v) is 7.47. The Morgan fingerprint density at radius 2 is 0.886 bits per heavy atom. The van der Waals surface area contributed by atoms with Crippen LogP contribution in [-0.4, -0.2) is 10.2 Å². The molecule has 2 N–H and O–H groups in total. The van der Waals surface area contributed by atoms with E-state index in [2.05, 4.69) is 62.4 Å². The Labute approximate surface area is 208 Å².